The summed E-state index contributed by atoms with van der Waals surface area (Å²) >= 11 is 0. The van der Waals surface area contributed by atoms with Gasteiger partial charge >= 0.3 is 0 Å². The van der Waals surface area contributed by atoms with E-state index in [1.165, 1.54) is 147 Å². The van der Waals surface area contributed by atoms with Crippen LogP contribution in [0.1, 0.15) is 167 Å². The largest absolute Gasteiger partial charge is 0.371 e. The van der Waals surface area contributed by atoms with Crippen LogP contribution in [0.4, 0.5) is 11.4 Å². The van der Waals surface area contributed by atoms with Crippen LogP contribution >= 0.6 is 0 Å². The first-order valence-electron chi connectivity index (χ1n) is 19.3. The molecule has 0 radical (unpaired) electrons. The third-order valence-corrected chi connectivity index (χ3v) is 9.65. The van der Waals surface area contributed by atoms with Gasteiger partial charge in [0.05, 0.1) is 4.92 Å². The van der Waals surface area contributed by atoms with E-state index in [-0.39, 0.29) is 10.6 Å². The van der Waals surface area contributed by atoms with E-state index >= 15 is 0 Å². The molecule has 258 valence electrons. The number of nitro groups is 1. The fourth-order valence-electron chi connectivity index (χ4n) is 6.70. The number of hydrogen-bond donors (Lipinski definition) is 0. The zero-order chi connectivity index (χ0) is 33.2. The minimum absolute atomic E-state index is 0.129. The summed E-state index contributed by atoms with van der Waals surface area (Å²) in [5.74, 6) is 1.52. The van der Waals surface area contributed by atoms with Gasteiger partial charge in [-0.3, -0.25) is 10.1 Å². The van der Waals surface area contributed by atoms with Gasteiger partial charge in [0.25, 0.3) is 5.69 Å². The van der Waals surface area contributed by atoms with Gasteiger partial charge in [-0.2, -0.15) is 0 Å². The highest BCUT2D eigenvalue weighted by Gasteiger charge is 2.19. The van der Waals surface area contributed by atoms with Gasteiger partial charge in [0.2, 0.25) is 0 Å². The predicted molar refractivity (Wildman–Crippen MR) is 203 cm³/mol. The number of nitrogens with zero attached hydrogens (tertiary/aromatic N) is 2. The van der Waals surface area contributed by atoms with Crippen molar-refractivity contribution in [2.75, 3.05) is 18.0 Å². The van der Waals surface area contributed by atoms with Crippen LogP contribution in [0.3, 0.4) is 0 Å². The molecule has 0 N–H and O–H groups in total. The minimum Gasteiger partial charge on any atom is -0.371 e. The zero-order valence-electron chi connectivity index (χ0n) is 30.2. The second-order valence-corrected chi connectivity index (χ2v) is 13.8. The van der Waals surface area contributed by atoms with Crippen LogP contribution in [0, 0.1) is 22.0 Å². The molecule has 4 nitrogen and oxygen atoms in total. The maximum Gasteiger partial charge on any atom is 0.269 e. The lowest BCUT2D eigenvalue weighted by Crippen LogP contribution is -2.34. The molecule has 0 atom stereocenters. The van der Waals surface area contributed by atoms with Crippen molar-refractivity contribution >= 4 is 23.5 Å². The summed E-state index contributed by atoms with van der Waals surface area (Å²) in [4.78, 5) is 13.4. The van der Waals surface area contributed by atoms with E-state index in [1.807, 2.05) is 18.2 Å². The van der Waals surface area contributed by atoms with E-state index in [2.05, 4.69) is 62.9 Å². The Morgan fingerprint density at radius 1 is 0.543 bits per heavy atom. The van der Waals surface area contributed by atoms with Crippen LogP contribution in [-0.2, 0) is 0 Å². The monoisotopic (exact) mass is 633 g/mol. The van der Waals surface area contributed by atoms with Gasteiger partial charge in [-0.25, -0.2) is 0 Å². The smallest absolute Gasteiger partial charge is 0.269 e. The predicted octanol–water partition coefficient (Wildman–Crippen LogP) is 13.7. The lowest BCUT2D eigenvalue weighted by atomic mass is 9.91. The van der Waals surface area contributed by atoms with Crippen molar-refractivity contribution in [1.29, 1.82) is 0 Å². The first kappa shape index (κ1) is 39.6. The van der Waals surface area contributed by atoms with Crippen LogP contribution in [0.15, 0.2) is 48.5 Å². The standard InChI is InChI=1S/C42H68N2O2/c1-5-9-13-17-21-39(22-18-14-10-6-2)35-43(36-40(23-19-15-11-7-3)24-20-16-12-8-4)41-31-27-37(28-32-41)25-26-38-29-33-42(34-30-38)44(45)46/h25-34,39-40H,5-24,35-36H2,1-4H3/b26-25+. The van der Waals surface area contributed by atoms with Crippen molar-refractivity contribution in [3.63, 3.8) is 0 Å². The maximum atomic E-state index is 11.0. The highest BCUT2D eigenvalue weighted by Crippen LogP contribution is 2.28. The molecule has 0 saturated heterocycles. The van der Waals surface area contributed by atoms with E-state index in [0.29, 0.717) is 0 Å². The lowest BCUT2D eigenvalue weighted by molar-refractivity contribution is -0.384. The average Bonchev–Trinajstić information content (AvgIpc) is 3.07. The molecule has 0 aliphatic carbocycles. The van der Waals surface area contributed by atoms with Crippen LogP contribution in [0.2, 0.25) is 0 Å². The van der Waals surface area contributed by atoms with Crippen LogP contribution in [-0.4, -0.2) is 18.0 Å². The van der Waals surface area contributed by atoms with E-state index in [1.54, 1.807) is 12.1 Å². The first-order chi connectivity index (χ1) is 22.5. The molecule has 46 heavy (non-hydrogen) atoms. The van der Waals surface area contributed by atoms with Crippen LogP contribution in [0.25, 0.3) is 12.2 Å². The Morgan fingerprint density at radius 3 is 1.22 bits per heavy atom. The summed E-state index contributed by atoms with van der Waals surface area (Å²) in [6.45, 7) is 11.6. The number of non-ortho nitro benzene ring substituents is 1. The molecule has 2 aromatic rings. The first-order valence-corrected chi connectivity index (χ1v) is 19.3. The van der Waals surface area contributed by atoms with Crippen molar-refractivity contribution in [3.05, 3.63) is 69.8 Å². The van der Waals surface area contributed by atoms with Gasteiger partial charge in [-0.15, -0.1) is 0 Å². The summed E-state index contributed by atoms with van der Waals surface area (Å²) in [6, 6.07) is 15.9. The van der Waals surface area contributed by atoms with Crippen molar-refractivity contribution in [2.24, 2.45) is 11.8 Å². The van der Waals surface area contributed by atoms with E-state index in [0.717, 1.165) is 23.0 Å². The molecule has 4 heteroatoms. The summed E-state index contributed by atoms with van der Waals surface area (Å²) in [6.07, 6.45) is 31.2. The van der Waals surface area contributed by atoms with Crippen molar-refractivity contribution in [1.82, 2.24) is 0 Å². The van der Waals surface area contributed by atoms with Gasteiger partial charge in [0.1, 0.15) is 0 Å². The molecule has 0 bridgehead atoms. The Kier molecular flexibility index (Phi) is 21.9. The highest BCUT2D eigenvalue weighted by atomic mass is 16.6. The van der Waals surface area contributed by atoms with Gasteiger partial charge in [0.15, 0.2) is 0 Å². The molecule has 0 spiro atoms. The summed E-state index contributed by atoms with van der Waals surface area (Å²) in [7, 11) is 0. The van der Waals surface area contributed by atoms with Crippen LogP contribution < -0.4 is 4.90 Å². The van der Waals surface area contributed by atoms with Crippen molar-refractivity contribution in [2.45, 2.75) is 156 Å². The SMILES string of the molecule is CCCCCCC(CCCCCC)CN(CC(CCCCCC)CCCCCC)c1ccc(/C=C/c2ccc([N+](=O)[O-])cc2)cc1. The fraction of sp³-hybridized carbons (Fsp3) is 0.667. The Morgan fingerprint density at radius 2 is 0.891 bits per heavy atom. The molecule has 0 aliphatic rings. The molecule has 0 amide bonds. The Hall–Kier alpha value is -2.62. The number of rotatable bonds is 28. The molecule has 0 aromatic heterocycles. The summed E-state index contributed by atoms with van der Waals surface area (Å²) in [5.41, 5.74) is 3.63. The lowest BCUT2D eigenvalue weighted by Gasteiger charge is -2.33. The normalized spacial score (nSPS) is 11.7. The molecule has 0 heterocycles. The molecule has 0 saturated carbocycles. The molecule has 0 unspecified atom stereocenters. The summed E-state index contributed by atoms with van der Waals surface area (Å²) < 4.78 is 0. The zero-order valence-corrected chi connectivity index (χ0v) is 30.2. The topological polar surface area (TPSA) is 46.4 Å². The van der Waals surface area contributed by atoms with Crippen molar-refractivity contribution < 1.29 is 4.92 Å². The second-order valence-electron chi connectivity index (χ2n) is 13.8. The molecule has 0 fully saturated rings. The minimum atomic E-state index is -0.347. The average molecular weight is 633 g/mol. The molecule has 2 rings (SSSR count). The van der Waals surface area contributed by atoms with E-state index in [4.69, 9.17) is 0 Å². The number of benzene rings is 2. The number of nitro benzene ring substituents is 1. The van der Waals surface area contributed by atoms with Crippen LogP contribution in [0.5, 0.6) is 0 Å². The van der Waals surface area contributed by atoms with Crippen molar-refractivity contribution in [3.8, 4) is 0 Å². The molecule has 2 aromatic carbocycles. The Labute approximate surface area is 283 Å². The quantitative estimate of drug-likeness (QED) is 0.0406. The van der Waals surface area contributed by atoms with Gasteiger partial charge in [-0.05, 0) is 72.9 Å². The summed E-state index contributed by atoms with van der Waals surface area (Å²) in [5, 5.41) is 11.0. The number of unbranched alkanes of at least 4 members (excludes halogenated alkanes) is 12. The number of hydrogen-bond acceptors (Lipinski definition) is 3. The number of anilines is 1. The maximum absolute atomic E-state index is 11.0. The van der Waals surface area contributed by atoms with E-state index in [9.17, 15) is 10.1 Å². The molecular weight excluding hydrogens is 564 g/mol. The second kappa shape index (κ2) is 25.5. The van der Waals surface area contributed by atoms with E-state index < -0.39 is 0 Å². The third kappa shape index (κ3) is 17.3. The molecule has 0 aliphatic heterocycles. The Bertz CT molecular complexity index is 992. The van der Waals surface area contributed by atoms with Gasteiger partial charge < -0.3 is 4.90 Å². The van der Waals surface area contributed by atoms with Gasteiger partial charge in [-0.1, -0.05) is 155 Å². The molecular formula is C42H68N2O2. The fourth-order valence-corrected chi connectivity index (χ4v) is 6.70. The van der Waals surface area contributed by atoms with Gasteiger partial charge in [0, 0.05) is 30.9 Å². The highest BCUT2D eigenvalue weighted by molar-refractivity contribution is 5.71. The Balaban J connectivity index is 2.25. The third-order valence-electron chi connectivity index (χ3n) is 9.65.